The van der Waals surface area contributed by atoms with E-state index in [4.69, 9.17) is 9.15 Å². The summed E-state index contributed by atoms with van der Waals surface area (Å²) >= 11 is 1.82. The maximum Gasteiger partial charge on any atom is 0.200 e. The Morgan fingerprint density at radius 1 is 0.939 bits per heavy atom. The van der Waals surface area contributed by atoms with E-state index >= 15 is 0 Å². The van der Waals surface area contributed by atoms with Crippen molar-refractivity contribution in [1.82, 2.24) is 0 Å². The second kappa shape index (κ2) is 8.32. The molecular weight excluding hydrogens is 430 g/mol. The van der Waals surface area contributed by atoms with Gasteiger partial charge < -0.3 is 14.1 Å². The molecule has 4 nitrogen and oxygen atoms in total. The van der Waals surface area contributed by atoms with Crippen LogP contribution in [0, 0.1) is 0 Å². The molecule has 1 aliphatic rings. The highest BCUT2D eigenvalue weighted by Gasteiger charge is 2.20. The van der Waals surface area contributed by atoms with Gasteiger partial charge in [0.1, 0.15) is 5.58 Å². The predicted octanol–water partition coefficient (Wildman–Crippen LogP) is 6.62. The molecule has 1 saturated heterocycles. The maximum absolute atomic E-state index is 13.1. The van der Waals surface area contributed by atoms with Crippen molar-refractivity contribution >= 4 is 48.4 Å². The predicted molar refractivity (Wildman–Crippen MR) is 138 cm³/mol. The van der Waals surface area contributed by atoms with Gasteiger partial charge in [0, 0.05) is 50.5 Å². The van der Waals surface area contributed by atoms with E-state index in [0.717, 1.165) is 31.5 Å². The summed E-state index contributed by atoms with van der Waals surface area (Å²) < 4.78 is 14.5. The summed E-state index contributed by atoms with van der Waals surface area (Å²) in [6.45, 7) is 4.95. The van der Waals surface area contributed by atoms with Crippen LogP contribution in [0.4, 0.5) is 5.88 Å². The molecule has 3 aromatic carbocycles. The highest BCUT2D eigenvalue weighted by molar-refractivity contribution is 7.26. The molecule has 6 rings (SSSR count). The Labute approximate surface area is 196 Å². The molecule has 0 radical (unpaired) electrons. The Morgan fingerprint density at radius 2 is 1.76 bits per heavy atom. The van der Waals surface area contributed by atoms with Crippen LogP contribution in [-0.2, 0) is 11.2 Å². The second-order valence-electron chi connectivity index (χ2n) is 8.56. The molecule has 5 heteroatoms. The van der Waals surface area contributed by atoms with E-state index in [1.54, 1.807) is 6.07 Å². The first-order chi connectivity index (χ1) is 16.2. The van der Waals surface area contributed by atoms with E-state index in [9.17, 15) is 4.79 Å². The molecule has 33 heavy (non-hydrogen) atoms. The quantitative estimate of drug-likeness (QED) is 0.306. The highest BCUT2D eigenvalue weighted by Crippen LogP contribution is 2.44. The third-order valence-corrected chi connectivity index (χ3v) is 7.69. The fourth-order valence-electron chi connectivity index (χ4n) is 4.90. The first kappa shape index (κ1) is 20.5. The number of para-hydroxylation sites is 1. The number of ether oxygens (including phenoxy) is 1. The van der Waals surface area contributed by atoms with Crippen molar-refractivity contribution in [2.75, 3.05) is 31.2 Å². The van der Waals surface area contributed by atoms with Crippen LogP contribution in [0.1, 0.15) is 18.9 Å². The van der Waals surface area contributed by atoms with Crippen LogP contribution in [0.2, 0.25) is 0 Å². The van der Waals surface area contributed by atoms with Gasteiger partial charge in [-0.1, -0.05) is 55.8 Å². The number of anilines is 1. The van der Waals surface area contributed by atoms with Gasteiger partial charge in [-0.2, -0.15) is 0 Å². The minimum atomic E-state index is 0.000138. The molecule has 3 heterocycles. The number of rotatable bonds is 4. The molecule has 0 bridgehead atoms. The Morgan fingerprint density at radius 3 is 2.61 bits per heavy atom. The fourth-order valence-corrected chi connectivity index (χ4v) is 6.19. The first-order valence-corrected chi connectivity index (χ1v) is 12.4. The van der Waals surface area contributed by atoms with E-state index in [1.165, 1.54) is 31.3 Å². The molecule has 0 amide bonds. The van der Waals surface area contributed by atoms with Gasteiger partial charge in [-0.15, -0.1) is 11.3 Å². The summed E-state index contributed by atoms with van der Waals surface area (Å²) in [6, 6.07) is 20.7. The Hall–Kier alpha value is -3.15. The number of fused-ring (bicyclic) bond motifs is 4. The number of hydrogen-bond donors (Lipinski definition) is 0. The van der Waals surface area contributed by atoms with Crippen LogP contribution >= 0.6 is 11.3 Å². The van der Waals surface area contributed by atoms with Crippen LogP contribution in [0.3, 0.4) is 0 Å². The molecule has 0 saturated carbocycles. The minimum Gasteiger partial charge on any atom is -0.440 e. The zero-order chi connectivity index (χ0) is 22.4. The van der Waals surface area contributed by atoms with Crippen molar-refractivity contribution in [3.8, 4) is 11.1 Å². The van der Waals surface area contributed by atoms with Crippen LogP contribution in [0.25, 0.3) is 42.3 Å². The van der Waals surface area contributed by atoms with E-state index in [-0.39, 0.29) is 5.43 Å². The molecule has 2 aromatic heterocycles. The van der Waals surface area contributed by atoms with E-state index in [2.05, 4.69) is 54.3 Å². The minimum absolute atomic E-state index is 0.000138. The third-order valence-electron chi connectivity index (χ3n) is 6.49. The zero-order valence-corrected chi connectivity index (χ0v) is 19.4. The van der Waals surface area contributed by atoms with E-state index in [1.807, 2.05) is 23.5 Å². The topological polar surface area (TPSA) is 42.7 Å². The van der Waals surface area contributed by atoms with Crippen molar-refractivity contribution < 1.29 is 9.15 Å². The first-order valence-electron chi connectivity index (χ1n) is 11.6. The molecule has 0 atom stereocenters. The second-order valence-corrected chi connectivity index (χ2v) is 9.61. The van der Waals surface area contributed by atoms with Crippen molar-refractivity contribution in [3.63, 3.8) is 0 Å². The van der Waals surface area contributed by atoms with Crippen LogP contribution in [0.5, 0.6) is 0 Å². The van der Waals surface area contributed by atoms with Gasteiger partial charge in [-0.3, -0.25) is 4.79 Å². The fraction of sp³-hybridized carbons (Fsp3) is 0.250. The van der Waals surface area contributed by atoms with Crippen molar-refractivity contribution in [2.45, 2.75) is 19.8 Å². The smallest absolute Gasteiger partial charge is 0.200 e. The van der Waals surface area contributed by atoms with Gasteiger partial charge >= 0.3 is 0 Å². The van der Waals surface area contributed by atoms with Gasteiger partial charge in [-0.05, 0) is 24.1 Å². The number of thiophene rings is 1. The van der Waals surface area contributed by atoms with Gasteiger partial charge in [0.2, 0.25) is 0 Å². The summed E-state index contributed by atoms with van der Waals surface area (Å²) in [6.07, 6.45) is 2.03. The van der Waals surface area contributed by atoms with E-state index in [0.29, 0.717) is 30.1 Å². The summed E-state index contributed by atoms with van der Waals surface area (Å²) in [5.74, 6) is 0.629. The highest BCUT2D eigenvalue weighted by atomic mass is 32.1. The Kier molecular flexibility index (Phi) is 5.16. The van der Waals surface area contributed by atoms with Crippen LogP contribution < -0.4 is 10.3 Å². The lowest BCUT2D eigenvalue weighted by Gasteiger charge is -2.27. The lowest BCUT2D eigenvalue weighted by Crippen LogP contribution is -2.36. The standard InChI is InChI=1S/C28H25NO3S/c1-2-6-18-11-12-20-19-7-3-4-10-24(19)33-28(20)26(18)22-9-5-8-21-23(30)17-25(32-27(21)22)29-13-15-31-16-14-29/h3-5,7-12,17H,2,6,13-16H2,1H3. The summed E-state index contributed by atoms with van der Waals surface area (Å²) in [4.78, 5) is 15.2. The third kappa shape index (κ3) is 3.43. The van der Waals surface area contributed by atoms with E-state index < -0.39 is 0 Å². The normalized spacial score (nSPS) is 14.5. The van der Waals surface area contributed by atoms with Gasteiger partial charge in [0.15, 0.2) is 11.3 Å². The van der Waals surface area contributed by atoms with Gasteiger partial charge in [-0.25, -0.2) is 0 Å². The van der Waals surface area contributed by atoms with Crippen LogP contribution in [0.15, 0.2) is 69.9 Å². The summed E-state index contributed by atoms with van der Waals surface area (Å²) in [7, 11) is 0. The molecular formula is C28H25NO3S. The zero-order valence-electron chi connectivity index (χ0n) is 18.6. The Bertz CT molecular complexity index is 1540. The number of benzene rings is 3. The van der Waals surface area contributed by atoms with Crippen LogP contribution in [-0.4, -0.2) is 26.3 Å². The molecule has 5 aromatic rings. The average molecular weight is 456 g/mol. The summed E-state index contributed by atoms with van der Waals surface area (Å²) in [5, 5.41) is 3.16. The molecule has 0 spiro atoms. The molecule has 0 N–H and O–H groups in total. The van der Waals surface area contributed by atoms with Gasteiger partial charge in [0.05, 0.1) is 18.6 Å². The Balaban J connectivity index is 1.67. The SMILES string of the molecule is CCCc1ccc2c(sc3ccccc32)c1-c1cccc2c(=O)cc(N3CCOCC3)oc12. The van der Waals surface area contributed by atoms with Crippen molar-refractivity contribution in [2.24, 2.45) is 0 Å². The molecule has 0 aliphatic carbocycles. The number of morpholine rings is 1. The summed E-state index contributed by atoms with van der Waals surface area (Å²) in [5.41, 5.74) is 4.17. The average Bonchev–Trinajstić information content (AvgIpc) is 3.23. The molecule has 1 aliphatic heterocycles. The largest absolute Gasteiger partial charge is 0.440 e. The maximum atomic E-state index is 13.1. The number of nitrogens with zero attached hydrogens (tertiary/aromatic N) is 1. The van der Waals surface area contributed by atoms with Crippen molar-refractivity contribution in [3.05, 3.63) is 76.5 Å². The molecule has 1 fully saturated rings. The monoisotopic (exact) mass is 455 g/mol. The molecule has 0 unspecified atom stereocenters. The molecule has 166 valence electrons. The number of aryl methyl sites for hydroxylation is 1. The lowest BCUT2D eigenvalue weighted by atomic mass is 9.93. The van der Waals surface area contributed by atoms with Gasteiger partial charge in [0.25, 0.3) is 0 Å². The lowest BCUT2D eigenvalue weighted by molar-refractivity contribution is 0.121. The van der Waals surface area contributed by atoms with Crippen molar-refractivity contribution in [1.29, 1.82) is 0 Å². The number of hydrogen-bond acceptors (Lipinski definition) is 5.